The Kier molecular flexibility index (Phi) is 6.27. The maximum Gasteiger partial charge on any atom is 0.243 e. The van der Waals surface area contributed by atoms with E-state index in [4.69, 9.17) is 16.7 Å². The van der Waals surface area contributed by atoms with Gasteiger partial charge in [-0.05, 0) is 55.3 Å². The molecule has 0 aliphatic carbocycles. The molecule has 0 bridgehead atoms. The minimum Gasteiger partial charge on any atom is -0.302 e. The molecule has 1 saturated heterocycles. The minimum absolute atomic E-state index is 0.0399. The molecule has 13 heteroatoms. The average molecular weight is 515 g/mol. The average Bonchev–Trinajstić information content (AvgIpc) is 3.15. The SMILES string of the molecule is NS(=O)(=O)c1ccc2nc(NC(=O)C3CCCN(S(=O)(=O)c4ccc(Cl)cc4)C3)sc2c1. The van der Waals surface area contributed by atoms with E-state index < -0.39 is 26.0 Å². The Balaban J connectivity index is 1.49. The number of nitrogens with zero attached hydrogens (tertiary/aromatic N) is 2. The third kappa shape index (κ3) is 4.80. The first-order chi connectivity index (χ1) is 15.0. The molecule has 2 heterocycles. The summed E-state index contributed by atoms with van der Waals surface area (Å²) in [6.07, 6.45) is 1.08. The van der Waals surface area contributed by atoms with Crippen molar-refractivity contribution < 1.29 is 21.6 Å². The molecule has 1 fully saturated rings. The summed E-state index contributed by atoms with van der Waals surface area (Å²) < 4.78 is 50.8. The lowest BCUT2D eigenvalue weighted by Gasteiger charge is -2.31. The van der Waals surface area contributed by atoms with Gasteiger partial charge in [-0.2, -0.15) is 4.31 Å². The zero-order chi connectivity index (χ0) is 23.1. The maximum absolute atomic E-state index is 12.9. The van der Waals surface area contributed by atoms with Gasteiger partial charge in [-0.25, -0.2) is 27.0 Å². The van der Waals surface area contributed by atoms with Crippen LogP contribution < -0.4 is 10.5 Å². The van der Waals surface area contributed by atoms with Crippen molar-refractivity contribution in [3.63, 3.8) is 0 Å². The summed E-state index contributed by atoms with van der Waals surface area (Å²) in [6, 6.07) is 10.2. The van der Waals surface area contributed by atoms with Gasteiger partial charge in [0.05, 0.1) is 25.9 Å². The van der Waals surface area contributed by atoms with Crippen LogP contribution in [-0.4, -0.2) is 45.1 Å². The zero-order valence-corrected chi connectivity index (χ0v) is 19.8. The van der Waals surface area contributed by atoms with Gasteiger partial charge in [-0.3, -0.25) is 4.79 Å². The standard InChI is InChI=1S/C19H19ClN4O5S3/c20-13-3-5-14(6-4-13)32(28,29)24-9-1-2-12(11-24)18(25)23-19-22-16-8-7-15(31(21,26)27)10-17(16)30-19/h3-8,10,12H,1-2,9,11H2,(H2,21,26,27)(H,22,23,25). The smallest absolute Gasteiger partial charge is 0.243 e. The van der Waals surface area contributed by atoms with E-state index in [0.717, 1.165) is 11.3 Å². The normalized spacial score (nSPS) is 18.0. The molecule has 2 aromatic carbocycles. The van der Waals surface area contributed by atoms with Crippen LogP contribution in [0, 0.1) is 5.92 Å². The van der Waals surface area contributed by atoms with Gasteiger partial charge < -0.3 is 5.32 Å². The van der Waals surface area contributed by atoms with Crippen LogP contribution in [0.15, 0.2) is 52.3 Å². The quantitative estimate of drug-likeness (QED) is 0.536. The van der Waals surface area contributed by atoms with Gasteiger partial charge in [-0.1, -0.05) is 22.9 Å². The topological polar surface area (TPSA) is 140 Å². The van der Waals surface area contributed by atoms with Crippen molar-refractivity contribution in [2.24, 2.45) is 11.1 Å². The van der Waals surface area contributed by atoms with Crippen LogP contribution >= 0.6 is 22.9 Å². The van der Waals surface area contributed by atoms with Crippen molar-refractivity contribution in [3.8, 4) is 0 Å². The van der Waals surface area contributed by atoms with Crippen LogP contribution in [-0.2, 0) is 24.8 Å². The number of fused-ring (bicyclic) bond motifs is 1. The number of hydrogen-bond donors (Lipinski definition) is 2. The van der Waals surface area contributed by atoms with E-state index in [-0.39, 0.29) is 22.2 Å². The first-order valence-electron chi connectivity index (χ1n) is 9.54. The Bertz CT molecular complexity index is 1390. The van der Waals surface area contributed by atoms with Crippen LogP contribution in [0.2, 0.25) is 5.02 Å². The van der Waals surface area contributed by atoms with Gasteiger partial charge >= 0.3 is 0 Å². The lowest BCUT2D eigenvalue weighted by Crippen LogP contribution is -2.43. The molecule has 3 aromatic rings. The Hall–Kier alpha value is -2.09. The van der Waals surface area contributed by atoms with Gasteiger partial charge in [0, 0.05) is 18.1 Å². The molecule has 1 unspecified atom stereocenters. The molecule has 0 saturated carbocycles. The summed E-state index contributed by atoms with van der Waals surface area (Å²) in [4.78, 5) is 17.2. The predicted octanol–water partition coefficient (Wildman–Crippen LogP) is 2.64. The highest BCUT2D eigenvalue weighted by Crippen LogP contribution is 2.30. The molecule has 3 N–H and O–H groups in total. The molecule has 1 aliphatic rings. The number of anilines is 1. The fourth-order valence-corrected chi connectivity index (χ4v) is 6.65. The molecular formula is C19H19ClN4O5S3. The number of halogens is 1. The third-order valence-electron chi connectivity index (χ3n) is 5.12. The number of nitrogens with one attached hydrogen (secondary N) is 1. The summed E-state index contributed by atoms with van der Waals surface area (Å²) in [5.74, 6) is -0.885. The summed E-state index contributed by atoms with van der Waals surface area (Å²) in [5, 5.41) is 8.62. The van der Waals surface area contributed by atoms with Gasteiger partial charge in [0.15, 0.2) is 5.13 Å². The highest BCUT2D eigenvalue weighted by Gasteiger charge is 2.33. The van der Waals surface area contributed by atoms with E-state index >= 15 is 0 Å². The highest BCUT2D eigenvalue weighted by molar-refractivity contribution is 7.89. The lowest BCUT2D eigenvalue weighted by molar-refractivity contribution is -0.120. The van der Waals surface area contributed by atoms with Crippen molar-refractivity contribution >= 4 is 64.2 Å². The van der Waals surface area contributed by atoms with Crippen molar-refractivity contribution in [1.29, 1.82) is 0 Å². The first-order valence-corrected chi connectivity index (χ1v) is 13.7. The van der Waals surface area contributed by atoms with Crippen molar-refractivity contribution in [3.05, 3.63) is 47.5 Å². The Morgan fingerprint density at radius 1 is 1.12 bits per heavy atom. The number of carbonyl (C=O) groups is 1. The molecule has 4 rings (SSSR count). The largest absolute Gasteiger partial charge is 0.302 e. The Morgan fingerprint density at radius 3 is 2.50 bits per heavy atom. The second kappa shape index (κ2) is 8.69. The van der Waals surface area contributed by atoms with Crippen LogP contribution in [0.5, 0.6) is 0 Å². The van der Waals surface area contributed by atoms with Crippen molar-refractivity contribution in [1.82, 2.24) is 9.29 Å². The summed E-state index contributed by atoms with van der Waals surface area (Å²) in [5.41, 5.74) is 0.522. The number of thiazole rings is 1. The number of nitrogens with two attached hydrogens (primary N) is 1. The summed E-state index contributed by atoms with van der Waals surface area (Å²) in [6.45, 7) is 0.378. The van der Waals surface area contributed by atoms with Crippen molar-refractivity contribution in [2.75, 3.05) is 18.4 Å². The molecule has 1 aliphatic heterocycles. The van der Waals surface area contributed by atoms with E-state index in [2.05, 4.69) is 10.3 Å². The number of benzene rings is 2. The van der Waals surface area contributed by atoms with Gasteiger partial charge in [-0.15, -0.1) is 0 Å². The van der Waals surface area contributed by atoms with Gasteiger partial charge in [0.2, 0.25) is 26.0 Å². The van der Waals surface area contributed by atoms with Crippen LogP contribution in [0.3, 0.4) is 0 Å². The van der Waals surface area contributed by atoms with Gasteiger partial charge in [0.25, 0.3) is 0 Å². The van der Waals surface area contributed by atoms with E-state index in [1.54, 1.807) is 0 Å². The van der Waals surface area contributed by atoms with E-state index in [9.17, 15) is 21.6 Å². The number of rotatable bonds is 5. The number of piperidine rings is 1. The number of sulfonamides is 2. The van der Waals surface area contributed by atoms with Crippen molar-refractivity contribution in [2.45, 2.75) is 22.6 Å². The van der Waals surface area contributed by atoms with E-state index in [0.29, 0.717) is 39.8 Å². The number of aromatic nitrogens is 1. The monoisotopic (exact) mass is 514 g/mol. The maximum atomic E-state index is 12.9. The third-order valence-corrected chi connectivity index (χ3v) is 9.10. The molecule has 170 valence electrons. The Labute approximate surface area is 194 Å². The molecule has 32 heavy (non-hydrogen) atoms. The minimum atomic E-state index is -3.85. The molecule has 0 radical (unpaired) electrons. The molecule has 0 spiro atoms. The fourth-order valence-electron chi connectivity index (χ4n) is 3.47. The second-order valence-corrected chi connectivity index (χ2v) is 12.3. The molecular weight excluding hydrogens is 496 g/mol. The predicted molar refractivity (Wildman–Crippen MR) is 123 cm³/mol. The second-order valence-electron chi connectivity index (χ2n) is 7.34. The van der Waals surface area contributed by atoms with Crippen LogP contribution in [0.4, 0.5) is 5.13 Å². The summed E-state index contributed by atoms with van der Waals surface area (Å²) in [7, 11) is -7.59. The highest BCUT2D eigenvalue weighted by atomic mass is 35.5. The molecule has 1 amide bonds. The first kappa shape index (κ1) is 23.1. The molecule has 9 nitrogen and oxygen atoms in total. The van der Waals surface area contributed by atoms with Gasteiger partial charge in [0.1, 0.15) is 0 Å². The number of hydrogen-bond acceptors (Lipinski definition) is 7. The number of amides is 1. The molecule has 1 atom stereocenters. The fraction of sp³-hybridized carbons (Fsp3) is 0.263. The van der Waals surface area contributed by atoms with E-state index in [1.807, 2.05) is 0 Å². The number of carbonyl (C=O) groups excluding carboxylic acids is 1. The Morgan fingerprint density at radius 2 is 1.81 bits per heavy atom. The molecule has 1 aromatic heterocycles. The zero-order valence-electron chi connectivity index (χ0n) is 16.6. The van der Waals surface area contributed by atoms with Crippen LogP contribution in [0.25, 0.3) is 10.2 Å². The number of primary sulfonamides is 1. The summed E-state index contributed by atoms with van der Waals surface area (Å²) >= 11 is 6.96. The lowest BCUT2D eigenvalue weighted by atomic mass is 9.99. The van der Waals surface area contributed by atoms with E-state index in [1.165, 1.54) is 46.8 Å². The van der Waals surface area contributed by atoms with Crippen LogP contribution in [0.1, 0.15) is 12.8 Å².